The smallest absolute Gasteiger partial charge is 0.272 e. The van der Waals surface area contributed by atoms with Crippen LogP contribution in [0.25, 0.3) is 11.4 Å². The van der Waals surface area contributed by atoms with Crippen LogP contribution in [0.2, 0.25) is 0 Å². The lowest BCUT2D eigenvalue weighted by Crippen LogP contribution is -2.27. The van der Waals surface area contributed by atoms with Crippen molar-refractivity contribution in [2.24, 2.45) is 0 Å². The summed E-state index contributed by atoms with van der Waals surface area (Å²) in [7, 11) is 0. The number of amides is 1. The van der Waals surface area contributed by atoms with Gasteiger partial charge in [-0.15, -0.1) is 0 Å². The molecule has 1 unspecified atom stereocenters. The maximum absolute atomic E-state index is 12.4. The third kappa shape index (κ3) is 3.13. The summed E-state index contributed by atoms with van der Waals surface area (Å²) in [6, 6.07) is 3.21. The monoisotopic (exact) mass is 339 g/mol. The van der Waals surface area contributed by atoms with E-state index in [1.165, 1.54) is 0 Å². The minimum Gasteiger partial charge on any atom is -0.339 e. The molecule has 0 spiro atoms. The van der Waals surface area contributed by atoms with Crippen molar-refractivity contribution in [3.63, 3.8) is 0 Å². The molecule has 0 saturated heterocycles. The number of pyridine rings is 1. The molecule has 3 aromatic rings. The normalized spacial score (nSPS) is 14.8. The van der Waals surface area contributed by atoms with E-state index in [9.17, 15) is 4.79 Å². The van der Waals surface area contributed by atoms with Crippen LogP contribution in [0.4, 0.5) is 0 Å². The van der Waals surface area contributed by atoms with Crippen LogP contribution in [0.1, 0.15) is 35.2 Å². The Bertz CT molecular complexity index is 864. The lowest BCUT2D eigenvalue weighted by molar-refractivity contribution is 0.0927. The molecule has 3 aromatic heterocycles. The molecule has 0 aliphatic carbocycles. The molecular formula is C16H17N7O2. The highest BCUT2D eigenvalue weighted by molar-refractivity contribution is 5.92. The van der Waals surface area contributed by atoms with Crippen LogP contribution >= 0.6 is 0 Å². The molecular weight excluding hydrogens is 322 g/mol. The summed E-state index contributed by atoms with van der Waals surface area (Å²) >= 11 is 0. The number of carbonyl (C=O) groups is 1. The number of fused-ring (bicyclic) bond motifs is 1. The fraction of sp³-hybridized carbons (Fsp3) is 0.312. The molecule has 4 heterocycles. The molecule has 0 aromatic carbocycles. The Hall–Kier alpha value is -3.07. The van der Waals surface area contributed by atoms with Gasteiger partial charge in [0.25, 0.3) is 5.91 Å². The van der Waals surface area contributed by atoms with Gasteiger partial charge in [0.1, 0.15) is 17.6 Å². The molecule has 1 aliphatic heterocycles. The van der Waals surface area contributed by atoms with Gasteiger partial charge < -0.3 is 19.7 Å². The number of imidazole rings is 1. The van der Waals surface area contributed by atoms with Gasteiger partial charge in [-0.05, 0) is 19.1 Å². The van der Waals surface area contributed by atoms with Crippen molar-refractivity contribution < 1.29 is 9.32 Å². The van der Waals surface area contributed by atoms with Crippen molar-refractivity contribution in [3.05, 3.63) is 48.1 Å². The number of hydrogen-bond acceptors (Lipinski definition) is 7. The van der Waals surface area contributed by atoms with Gasteiger partial charge in [0.05, 0.1) is 6.54 Å². The molecule has 1 aliphatic rings. The zero-order valence-corrected chi connectivity index (χ0v) is 13.6. The summed E-state index contributed by atoms with van der Waals surface area (Å²) in [6.07, 6.45) is 5.10. The zero-order valence-electron chi connectivity index (χ0n) is 13.6. The molecule has 1 atom stereocenters. The summed E-state index contributed by atoms with van der Waals surface area (Å²) in [4.78, 5) is 25.1. The van der Waals surface area contributed by atoms with Crippen LogP contribution in [0, 0.1) is 0 Å². The van der Waals surface area contributed by atoms with Gasteiger partial charge in [0.15, 0.2) is 0 Å². The van der Waals surface area contributed by atoms with Gasteiger partial charge in [0, 0.05) is 37.2 Å². The Morgan fingerprint density at radius 1 is 1.44 bits per heavy atom. The fourth-order valence-corrected chi connectivity index (χ4v) is 2.65. The van der Waals surface area contributed by atoms with Crippen LogP contribution in [-0.4, -0.2) is 37.1 Å². The Labute approximate surface area is 143 Å². The van der Waals surface area contributed by atoms with E-state index >= 15 is 0 Å². The van der Waals surface area contributed by atoms with Gasteiger partial charge in [0.2, 0.25) is 11.7 Å². The van der Waals surface area contributed by atoms with Crippen LogP contribution in [0.3, 0.4) is 0 Å². The SMILES string of the molecule is CC(NC(=O)c1cn2c(n1)CNCC2)c1nc(-c2cccnc2)no1. The molecule has 25 heavy (non-hydrogen) atoms. The average molecular weight is 339 g/mol. The summed E-state index contributed by atoms with van der Waals surface area (Å²) in [5.41, 5.74) is 1.14. The summed E-state index contributed by atoms with van der Waals surface area (Å²) in [5.74, 6) is 1.36. The van der Waals surface area contributed by atoms with Crippen LogP contribution in [-0.2, 0) is 13.1 Å². The second-order valence-corrected chi connectivity index (χ2v) is 5.81. The largest absolute Gasteiger partial charge is 0.339 e. The summed E-state index contributed by atoms with van der Waals surface area (Å²) in [6.45, 7) is 4.14. The highest BCUT2D eigenvalue weighted by Crippen LogP contribution is 2.18. The molecule has 128 valence electrons. The third-order valence-electron chi connectivity index (χ3n) is 3.98. The van der Waals surface area contributed by atoms with E-state index in [-0.39, 0.29) is 5.91 Å². The third-order valence-corrected chi connectivity index (χ3v) is 3.98. The predicted octanol–water partition coefficient (Wildman–Crippen LogP) is 0.922. The zero-order chi connectivity index (χ0) is 17.2. The lowest BCUT2D eigenvalue weighted by atomic mass is 10.2. The summed E-state index contributed by atoms with van der Waals surface area (Å²) < 4.78 is 7.25. The van der Waals surface area contributed by atoms with Gasteiger partial charge in [-0.1, -0.05) is 5.16 Å². The van der Waals surface area contributed by atoms with Crippen molar-refractivity contribution in [1.29, 1.82) is 0 Å². The first kappa shape index (κ1) is 15.5. The molecule has 1 amide bonds. The number of hydrogen-bond donors (Lipinski definition) is 2. The number of carbonyl (C=O) groups excluding carboxylic acids is 1. The van der Waals surface area contributed by atoms with E-state index in [1.807, 2.05) is 10.6 Å². The summed E-state index contributed by atoms with van der Waals surface area (Å²) in [5, 5.41) is 10.00. The highest BCUT2D eigenvalue weighted by atomic mass is 16.5. The van der Waals surface area contributed by atoms with E-state index in [2.05, 4.69) is 30.7 Å². The second-order valence-electron chi connectivity index (χ2n) is 5.81. The Morgan fingerprint density at radius 2 is 2.36 bits per heavy atom. The molecule has 0 fully saturated rings. The first-order valence-corrected chi connectivity index (χ1v) is 8.02. The fourth-order valence-electron chi connectivity index (χ4n) is 2.65. The van der Waals surface area contributed by atoms with Gasteiger partial charge in [-0.2, -0.15) is 4.98 Å². The van der Waals surface area contributed by atoms with Gasteiger partial charge in [-0.3, -0.25) is 9.78 Å². The topological polar surface area (TPSA) is 111 Å². The second kappa shape index (κ2) is 6.44. The number of nitrogens with zero attached hydrogens (tertiary/aromatic N) is 5. The molecule has 9 nitrogen and oxygen atoms in total. The molecule has 4 rings (SSSR count). The molecule has 2 N–H and O–H groups in total. The lowest BCUT2D eigenvalue weighted by Gasteiger charge is -2.13. The van der Waals surface area contributed by atoms with E-state index < -0.39 is 6.04 Å². The quantitative estimate of drug-likeness (QED) is 0.727. The Morgan fingerprint density at radius 3 is 3.16 bits per heavy atom. The van der Waals surface area contributed by atoms with Crippen molar-refractivity contribution in [1.82, 2.24) is 35.3 Å². The maximum Gasteiger partial charge on any atom is 0.272 e. The van der Waals surface area contributed by atoms with Gasteiger partial charge in [-0.25, -0.2) is 4.98 Å². The van der Waals surface area contributed by atoms with Crippen LogP contribution in [0.5, 0.6) is 0 Å². The Kier molecular flexibility index (Phi) is 3.98. The van der Waals surface area contributed by atoms with E-state index in [0.29, 0.717) is 24.0 Å². The maximum atomic E-state index is 12.4. The first-order valence-electron chi connectivity index (χ1n) is 8.02. The van der Waals surface area contributed by atoms with Crippen molar-refractivity contribution in [2.75, 3.05) is 6.54 Å². The number of rotatable bonds is 4. The van der Waals surface area contributed by atoms with Gasteiger partial charge >= 0.3 is 0 Å². The number of nitrogens with one attached hydrogen (secondary N) is 2. The molecule has 0 bridgehead atoms. The molecule has 0 saturated carbocycles. The predicted molar refractivity (Wildman–Crippen MR) is 87.3 cm³/mol. The van der Waals surface area contributed by atoms with E-state index in [4.69, 9.17) is 4.52 Å². The van der Waals surface area contributed by atoms with Crippen molar-refractivity contribution in [2.45, 2.75) is 26.1 Å². The standard InChI is InChI=1S/C16H17N7O2/c1-10(16-21-14(22-25-16)11-3-2-4-17-7-11)19-15(24)12-9-23-6-5-18-8-13(23)20-12/h2-4,7,9-10,18H,5-6,8H2,1H3,(H,19,24). The molecule has 9 heteroatoms. The molecule has 0 radical (unpaired) electrons. The van der Waals surface area contributed by atoms with Crippen molar-refractivity contribution >= 4 is 5.91 Å². The minimum atomic E-state index is -0.428. The minimum absolute atomic E-state index is 0.268. The van der Waals surface area contributed by atoms with E-state index in [1.54, 1.807) is 31.6 Å². The van der Waals surface area contributed by atoms with Crippen LogP contribution in [0.15, 0.2) is 35.2 Å². The Balaban J connectivity index is 1.46. The van der Waals surface area contributed by atoms with Crippen molar-refractivity contribution in [3.8, 4) is 11.4 Å². The first-order chi connectivity index (χ1) is 12.2. The van der Waals surface area contributed by atoms with E-state index in [0.717, 1.165) is 24.5 Å². The van der Waals surface area contributed by atoms with Crippen LogP contribution < -0.4 is 10.6 Å². The highest BCUT2D eigenvalue weighted by Gasteiger charge is 2.21. The average Bonchev–Trinajstić information content (AvgIpc) is 3.29. The number of aromatic nitrogens is 5.